The molecule has 96 valence electrons. The van der Waals surface area contributed by atoms with Crippen LogP contribution in [0.15, 0.2) is 36.7 Å². The molecule has 0 aliphatic heterocycles. The first kappa shape index (κ1) is 13.0. The van der Waals surface area contributed by atoms with Crippen LogP contribution >= 0.6 is 0 Å². The molecule has 2 aromatic rings. The highest BCUT2D eigenvalue weighted by molar-refractivity contribution is 5.85. The minimum Gasteiger partial charge on any atom is -0.396 e. The van der Waals surface area contributed by atoms with Gasteiger partial charge >= 0.3 is 0 Å². The lowest BCUT2D eigenvalue weighted by Crippen LogP contribution is -2.28. The van der Waals surface area contributed by atoms with Crippen molar-refractivity contribution in [2.75, 3.05) is 6.61 Å². The summed E-state index contributed by atoms with van der Waals surface area (Å²) in [5.74, 6) is 0.165. The maximum Gasteiger partial charge on any atom is 0.0437 e. The summed E-state index contributed by atoms with van der Waals surface area (Å²) in [5, 5.41) is 11.6. The number of fused-ring (bicyclic) bond motifs is 1. The molecule has 0 amide bonds. The van der Waals surface area contributed by atoms with E-state index in [2.05, 4.69) is 24.0 Å². The first-order valence-corrected chi connectivity index (χ1v) is 6.47. The zero-order valence-electron chi connectivity index (χ0n) is 10.7. The number of aromatic nitrogens is 1. The van der Waals surface area contributed by atoms with Crippen molar-refractivity contribution in [1.29, 1.82) is 0 Å². The SMILES string of the molecule is CCC(N)C(CCO)c1cncc2ccccc12. The third-order valence-corrected chi connectivity index (χ3v) is 3.53. The molecule has 1 heterocycles. The summed E-state index contributed by atoms with van der Waals surface area (Å²) in [7, 11) is 0. The van der Waals surface area contributed by atoms with Crippen LogP contribution in [0.25, 0.3) is 10.8 Å². The van der Waals surface area contributed by atoms with E-state index in [0.717, 1.165) is 17.4 Å². The summed E-state index contributed by atoms with van der Waals surface area (Å²) < 4.78 is 0. The molecule has 0 saturated heterocycles. The average molecular weight is 244 g/mol. The molecule has 0 aliphatic carbocycles. The van der Waals surface area contributed by atoms with Gasteiger partial charge in [-0.1, -0.05) is 31.2 Å². The molecule has 18 heavy (non-hydrogen) atoms. The molecule has 0 bridgehead atoms. The molecule has 1 aromatic heterocycles. The highest BCUT2D eigenvalue weighted by Crippen LogP contribution is 2.29. The number of rotatable bonds is 5. The van der Waals surface area contributed by atoms with Gasteiger partial charge in [0.1, 0.15) is 0 Å². The number of benzene rings is 1. The van der Waals surface area contributed by atoms with Crippen LogP contribution in [0.1, 0.15) is 31.2 Å². The van der Waals surface area contributed by atoms with Crippen molar-refractivity contribution in [1.82, 2.24) is 4.98 Å². The lowest BCUT2D eigenvalue weighted by atomic mass is 9.86. The second-order valence-electron chi connectivity index (χ2n) is 4.64. The Labute approximate surface area is 108 Å². The molecule has 0 spiro atoms. The van der Waals surface area contributed by atoms with E-state index >= 15 is 0 Å². The first-order valence-electron chi connectivity index (χ1n) is 6.47. The zero-order valence-corrected chi connectivity index (χ0v) is 10.7. The summed E-state index contributed by atoms with van der Waals surface area (Å²) in [5.41, 5.74) is 7.34. The van der Waals surface area contributed by atoms with Crippen LogP contribution in [-0.4, -0.2) is 22.7 Å². The van der Waals surface area contributed by atoms with Gasteiger partial charge in [0.2, 0.25) is 0 Å². The van der Waals surface area contributed by atoms with Gasteiger partial charge in [-0.2, -0.15) is 0 Å². The predicted octanol–water partition coefficient (Wildman–Crippen LogP) is 2.44. The molecule has 0 radical (unpaired) electrons. The summed E-state index contributed by atoms with van der Waals surface area (Å²) in [6.07, 6.45) is 5.34. The summed E-state index contributed by atoms with van der Waals surface area (Å²) in [6.45, 7) is 2.23. The fourth-order valence-electron chi connectivity index (χ4n) is 2.46. The third-order valence-electron chi connectivity index (χ3n) is 3.53. The summed E-state index contributed by atoms with van der Waals surface area (Å²) >= 11 is 0. The number of nitrogens with zero attached hydrogens (tertiary/aromatic N) is 1. The van der Waals surface area contributed by atoms with Gasteiger partial charge < -0.3 is 10.8 Å². The number of hydrogen-bond donors (Lipinski definition) is 2. The Morgan fingerprint density at radius 3 is 2.78 bits per heavy atom. The van der Waals surface area contributed by atoms with Crippen molar-refractivity contribution in [3.8, 4) is 0 Å². The van der Waals surface area contributed by atoms with Crippen molar-refractivity contribution in [2.24, 2.45) is 5.73 Å². The molecule has 3 N–H and O–H groups in total. The number of hydrogen-bond acceptors (Lipinski definition) is 3. The molecule has 0 saturated carbocycles. The Morgan fingerprint density at radius 2 is 2.06 bits per heavy atom. The number of pyridine rings is 1. The van der Waals surface area contributed by atoms with E-state index < -0.39 is 0 Å². The van der Waals surface area contributed by atoms with Crippen molar-refractivity contribution in [3.63, 3.8) is 0 Å². The largest absolute Gasteiger partial charge is 0.396 e. The highest BCUT2D eigenvalue weighted by atomic mass is 16.3. The minimum absolute atomic E-state index is 0.0600. The number of nitrogens with two attached hydrogens (primary N) is 1. The zero-order chi connectivity index (χ0) is 13.0. The van der Waals surface area contributed by atoms with Crippen LogP contribution in [0.4, 0.5) is 0 Å². The Bertz CT molecular complexity index is 507. The number of aliphatic hydroxyl groups excluding tert-OH is 1. The molecule has 0 aliphatic rings. The molecule has 0 fully saturated rings. The normalized spacial score (nSPS) is 14.6. The van der Waals surface area contributed by atoms with Crippen molar-refractivity contribution in [2.45, 2.75) is 31.7 Å². The molecular formula is C15H20N2O. The maximum absolute atomic E-state index is 9.24. The van der Waals surface area contributed by atoms with Crippen LogP contribution in [-0.2, 0) is 0 Å². The monoisotopic (exact) mass is 244 g/mol. The van der Waals surface area contributed by atoms with Gasteiger partial charge in [0.25, 0.3) is 0 Å². The molecule has 3 nitrogen and oxygen atoms in total. The fraction of sp³-hybridized carbons (Fsp3) is 0.400. The fourth-order valence-corrected chi connectivity index (χ4v) is 2.46. The Balaban J connectivity index is 2.49. The van der Waals surface area contributed by atoms with E-state index in [4.69, 9.17) is 5.73 Å². The first-order chi connectivity index (χ1) is 8.77. The Morgan fingerprint density at radius 1 is 1.28 bits per heavy atom. The highest BCUT2D eigenvalue weighted by Gasteiger charge is 2.20. The van der Waals surface area contributed by atoms with E-state index in [0.29, 0.717) is 6.42 Å². The van der Waals surface area contributed by atoms with Crippen molar-refractivity contribution < 1.29 is 5.11 Å². The maximum atomic E-state index is 9.24. The van der Waals surface area contributed by atoms with Gasteiger partial charge in [0.05, 0.1) is 0 Å². The topological polar surface area (TPSA) is 59.1 Å². The minimum atomic E-state index is 0.0600. The molecule has 3 heteroatoms. The standard InChI is InChI=1S/C15H20N2O/c1-2-15(16)13(7-8-18)14-10-17-9-11-5-3-4-6-12(11)14/h3-6,9-10,13,15,18H,2,7-8,16H2,1H3. The van der Waals surface area contributed by atoms with Gasteiger partial charge in [-0.25, -0.2) is 0 Å². The summed E-state index contributed by atoms with van der Waals surface area (Å²) in [6, 6.07) is 8.25. The van der Waals surface area contributed by atoms with E-state index in [1.165, 1.54) is 5.39 Å². The molecular weight excluding hydrogens is 224 g/mol. The second kappa shape index (κ2) is 5.94. The van der Waals surface area contributed by atoms with Gasteiger partial charge in [0.15, 0.2) is 0 Å². The van der Waals surface area contributed by atoms with Gasteiger partial charge in [0, 0.05) is 36.3 Å². The lowest BCUT2D eigenvalue weighted by Gasteiger charge is -2.23. The molecule has 1 aromatic carbocycles. The van der Waals surface area contributed by atoms with Crippen molar-refractivity contribution in [3.05, 3.63) is 42.2 Å². The molecule has 2 unspecified atom stereocenters. The van der Waals surface area contributed by atoms with E-state index in [9.17, 15) is 5.11 Å². The number of aliphatic hydroxyl groups is 1. The Hall–Kier alpha value is -1.45. The third kappa shape index (κ3) is 2.52. The van der Waals surface area contributed by atoms with Crippen LogP contribution in [0.2, 0.25) is 0 Å². The summed E-state index contributed by atoms with van der Waals surface area (Å²) in [4.78, 5) is 4.30. The van der Waals surface area contributed by atoms with Crippen LogP contribution in [0.3, 0.4) is 0 Å². The quantitative estimate of drug-likeness (QED) is 0.849. The van der Waals surface area contributed by atoms with Gasteiger partial charge in [-0.3, -0.25) is 4.98 Å². The predicted molar refractivity (Wildman–Crippen MR) is 74.5 cm³/mol. The van der Waals surface area contributed by atoms with Crippen molar-refractivity contribution >= 4 is 10.8 Å². The molecule has 2 atom stereocenters. The Kier molecular flexibility index (Phi) is 4.28. The van der Waals surface area contributed by atoms with E-state index in [-0.39, 0.29) is 18.6 Å². The van der Waals surface area contributed by atoms with Crippen LogP contribution < -0.4 is 5.73 Å². The molecule has 2 rings (SSSR count). The van der Waals surface area contributed by atoms with Crippen LogP contribution in [0.5, 0.6) is 0 Å². The van der Waals surface area contributed by atoms with E-state index in [1.54, 1.807) is 0 Å². The van der Waals surface area contributed by atoms with Gasteiger partial charge in [-0.05, 0) is 23.8 Å². The smallest absolute Gasteiger partial charge is 0.0437 e. The lowest BCUT2D eigenvalue weighted by molar-refractivity contribution is 0.266. The second-order valence-corrected chi connectivity index (χ2v) is 4.64. The van der Waals surface area contributed by atoms with Crippen LogP contribution in [0, 0.1) is 0 Å². The van der Waals surface area contributed by atoms with Gasteiger partial charge in [-0.15, -0.1) is 0 Å². The van der Waals surface area contributed by atoms with E-state index in [1.807, 2.05) is 24.5 Å². The average Bonchev–Trinajstić information content (AvgIpc) is 2.43.